The number of rotatable bonds is 5. The zero-order valence-corrected chi connectivity index (χ0v) is 13.3. The molecule has 1 fully saturated rings. The Morgan fingerprint density at radius 1 is 1.43 bits per heavy atom. The van der Waals surface area contributed by atoms with E-state index in [1.807, 2.05) is 24.3 Å². The predicted molar refractivity (Wildman–Crippen MR) is 86.4 cm³/mol. The standard InChI is InChI=1S/C17H21NO2S/c1-4-16(14-9-10-20-11-14)18-17(19)13-5-7-15(8-6-13)21-12(2)3/h1,5-8,12,14,16H,9-11H2,2-3H3,(H,18,19)/t14-,16+/m1/s1. The lowest BCUT2D eigenvalue weighted by molar-refractivity contribution is 0.0931. The van der Waals surface area contributed by atoms with E-state index in [0.29, 0.717) is 17.4 Å². The molecule has 0 aliphatic carbocycles. The number of carbonyl (C=O) groups excluding carboxylic acids is 1. The third-order valence-corrected chi connectivity index (χ3v) is 4.41. The van der Waals surface area contributed by atoms with Gasteiger partial charge in [0.25, 0.3) is 5.91 Å². The maximum absolute atomic E-state index is 12.2. The van der Waals surface area contributed by atoms with Crippen molar-refractivity contribution in [1.82, 2.24) is 5.32 Å². The molecule has 3 nitrogen and oxygen atoms in total. The summed E-state index contributed by atoms with van der Waals surface area (Å²) in [5.41, 5.74) is 0.641. The second kappa shape index (κ2) is 7.53. The minimum Gasteiger partial charge on any atom is -0.381 e. The van der Waals surface area contributed by atoms with E-state index in [4.69, 9.17) is 11.2 Å². The van der Waals surface area contributed by atoms with Crippen LogP contribution in [0.25, 0.3) is 0 Å². The van der Waals surface area contributed by atoms with E-state index in [9.17, 15) is 4.79 Å². The molecule has 2 atom stereocenters. The molecule has 0 bridgehead atoms. The fourth-order valence-corrected chi connectivity index (χ4v) is 3.13. The second-order valence-electron chi connectivity index (χ2n) is 5.43. The molecule has 1 saturated heterocycles. The average molecular weight is 303 g/mol. The quantitative estimate of drug-likeness (QED) is 0.671. The van der Waals surface area contributed by atoms with Crippen LogP contribution in [0, 0.1) is 18.3 Å². The summed E-state index contributed by atoms with van der Waals surface area (Å²) in [7, 11) is 0. The number of hydrogen-bond acceptors (Lipinski definition) is 3. The molecule has 1 heterocycles. The maximum Gasteiger partial charge on any atom is 0.252 e. The van der Waals surface area contributed by atoms with E-state index in [1.54, 1.807) is 11.8 Å². The van der Waals surface area contributed by atoms with E-state index in [1.165, 1.54) is 4.90 Å². The Labute approximate surface area is 130 Å². The molecule has 0 unspecified atom stereocenters. The van der Waals surface area contributed by atoms with Gasteiger partial charge in [0.05, 0.1) is 12.6 Å². The minimum atomic E-state index is -0.260. The largest absolute Gasteiger partial charge is 0.381 e. The summed E-state index contributed by atoms with van der Waals surface area (Å²) in [6.45, 7) is 5.64. The van der Waals surface area contributed by atoms with Gasteiger partial charge >= 0.3 is 0 Å². The molecular weight excluding hydrogens is 282 g/mol. The van der Waals surface area contributed by atoms with Crippen LogP contribution in [-0.2, 0) is 4.74 Å². The van der Waals surface area contributed by atoms with Gasteiger partial charge in [0.1, 0.15) is 0 Å². The van der Waals surface area contributed by atoms with Gasteiger partial charge in [-0.3, -0.25) is 4.79 Å². The highest BCUT2D eigenvalue weighted by atomic mass is 32.2. The van der Waals surface area contributed by atoms with Gasteiger partial charge in [-0.05, 0) is 30.7 Å². The van der Waals surface area contributed by atoms with E-state index < -0.39 is 0 Å². The van der Waals surface area contributed by atoms with Crippen molar-refractivity contribution >= 4 is 17.7 Å². The summed E-state index contributed by atoms with van der Waals surface area (Å²) in [4.78, 5) is 13.4. The minimum absolute atomic E-state index is 0.119. The lowest BCUT2D eigenvalue weighted by atomic mass is 9.99. The van der Waals surface area contributed by atoms with Crippen LogP contribution in [0.5, 0.6) is 0 Å². The molecule has 1 aliphatic rings. The zero-order valence-electron chi connectivity index (χ0n) is 12.5. The fraction of sp³-hybridized carbons (Fsp3) is 0.471. The van der Waals surface area contributed by atoms with Crippen LogP contribution in [0.15, 0.2) is 29.2 Å². The third-order valence-electron chi connectivity index (χ3n) is 3.39. The van der Waals surface area contributed by atoms with E-state index >= 15 is 0 Å². The Morgan fingerprint density at radius 2 is 2.14 bits per heavy atom. The number of hydrogen-bond donors (Lipinski definition) is 1. The molecule has 4 heteroatoms. The molecule has 21 heavy (non-hydrogen) atoms. The monoisotopic (exact) mass is 303 g/mol. The van der Waals surface area contributed by atoms with Crippen molar-refractivity contribution in [2.24, 2.45) is 5.92 Å². The topological polar surface area (TPSA) is 38.3 Å². The maximum atomic E-state index is 12.2. The number of thioether (sulfide) groups is 1. The van der Waals surface area contributed by atoms with Crippen LogP contribution in [0.4, 0.5) is 0 Å². The zero-order chi connectivity index (χ0) is 15.2. The van der Waals surface area contributed by atoms with E-state index in [-0.39, 0.29) is 17.9 Å². The van der Waals surface area contributed by atoms with Crippen LogP contribution >= 0.6 is 11.8 Å². The molecule has 1 aromatic rings. The molecular formula is C17H21NO2S. The van der Waals surface area contributed by atoms with Crippen LogP contribution in [0.3, 0.4) is 0 Å². The van der Waals surface area contributed by atoms with Gasteiger partial charge in [-0.2, -0.15) is 0 Å². The first kappa shape index (κ1) is 15.9. The Balaban J connectivity index is 1.97. The Morgan fingerprint density at radius 3 is 2.67 bits per heavy atom. The number of ether oxygens (including phenoxy) is 1. The highest BCUT2D eigenvalue weighted by molar-refractivity contribution is 7.99. The molecule has 0 spiro atoms. The van der Waals surface area contributed by atoms with Gasteiger partial charge in [0.15, 0.2) is 0 Å². The molecule has 0 radical (unpaired) electrons. The van der Waals surface area contributed by atoms with Crippen LogP contribution in [0.2, 0.25) is 0 Å². The van der Waals surface area contributed by atoms with Crippen molar-refractivity contribution in [1.29, 1.82) is 0 Å². The fourth-order valence-electron chi connectivity index (χ4n) is 2.29. The lowest BCUT2D eigenvalue weighted by Crippen LogP contribution is -2.39. The molecule has 1 aromatic carbocycles. The molecule has 0 saturated carbocycles. The Hall–Kier alpha value is -1.44. The summed E-state index contributed by atoms with van der Waals surface area (Å²) < 4.78 is 5.33. The summed E-state index contributed by atoms with van der Waals surface area (Å²) in [5, 5.41) is 3.45. The first-order valence-corrected chi connectivity index (χ1v) is 8.09. The lowest BCUT2D eigenvalue weighted by Gasteiger charge is -2.18. The van der Waals surface area contributed by atoms with Gasteiger partial charge in [0.2, 0.25) is 0 Å². The molecule has 1 aliphatic heterocycles. The molecule has 1 N–H and O–H groups in total. The summed E-state index contributed by atoms with van der Waals surface area (Å²) in [6.07, 6.45) is 6.44. The predicted octanol–water partition coefficient (Wildman–Crippen LogP) is 2.96. The van der Waals surface area contributed by atoms with Crippen molar-refractivity contribution in [2.75, 3.05) is 13.2 Å². The molecule has 2 rings (SSSR count). The first-order chi connectivity index (χ1) is 10.1. The number of benzene rings is 1. The normalized spacial score (nSPS) is 19.2. The summed E-state index contributed by atoms with van der Waals surface area (Å²) in [5.74, 6) is 2.76. The number of nitrogens with one attached hydrogen (secondary N) is 1. The van der Waals surface area contributed by atoms with Crippen molar-refractivity contribution in [3.05, 3.63) is 29.8 Å². The second-order valence-corrected chi connectivity index (χ2v) is 7.08. The highest BCUT2D eigenvalue weighted by Crippen LogP contribution is 2.23. The molecule has 112 valence electrons. The van der Waals surface area contributed by atoms with Crippen molar-refractivity contribution in [3.8, 4) is 12.3 Å². The van der Waals surface area contributed by atoms with Crippen LogP contribution in [0.1, 0.15) is 30.6 Å². The van der Waals surface area contributed by atoms with Gasteiger partial charge < -0.3 is 10.1 Å². The van der Waals surface area contributed by atoms with Gasteiger partial charge in [-0.25, -0.2) is 0 Å². The number of amides is 1. The third kappa shape index (κ3) is 4.52. The van der Waals surface area contributed by atoms with Crippen molar-refractivity contribution in [3.63, 3.8) is 0 Å². The average Bonchev–Trinajstić information content (AvgIpc) is 2.98. The molecule has 1 amide bonds. The van der Waals surface area contributed by atoms with Crippen LogP contribution in [-0.4, -0.2) is 30.4 Å². The van der Waals surface area contributed by atoms with Gasteiger partial charge in [0, 0.05) is 28.2 Å². The summed E-state index contributed by atoms with van der Waals surface area (Å²) >= 11 is 1.78. The first-order valence-electron chi connectivity index (χ1n) is 7.21. The Bertz CT molecular complexity index is 513. The smallest absolute Gasteiger partial charge is 0.252 e. The Kier molecular flexibility index (Phi) is 5.72. The van der Waals surface area contributed by atoms with E-state index in [2.05, 4.69) is 25.1 Å². The van der Waals surface area contributed by atoms with E-state index in [0.717, 1.165) is 13.0 Å². The van der Waals surface area contributed by atoms with Gasteiger partial charge in [-0.15, -0.1) is 18.2 Å². The molecule has 0 aromatic heterocycles. The van der Waals surface area contributed by atoms with Crippen molar-refractivity contribution < 1.29 is 9.53 Å². The van der Waals surface area contributed by atoms with Crippen LogP contribution < -0.4 is 5.32 Å². The van der Waals surface area contributed by atoms with Gasteiger partial charge in [-0.1, -0.05) is 19.8 Å². The number of carbonyl (C=O) groups is 1. The number of terminal acetylenes is 1. The van der Waals surface area contributed by atoms with Crippen molar-refractivity contribution in [2.45, 2.75) is 36.5 Å². The SMILES string of the molecule is C#C[C@H](NC(=O)c1ccc(SC(C)C)cc1)[C@@H]1CCOC1. The highest BCUT2D eigenvalue weighted by Gasteiger charge is 2.25. The summed E-state index contributed by atoms with van der Waals surface area (Å²) in [6, 6.07) is 7.38.